The van der Waals surface area contributed by atoms with Gasteiger partial charge in [0.25, 0.3) is 23.7 Å². The summed E-state index contributed by atoms with van der Waals surface area (Å²) in [4.78, 5) is 0. The smallest absolute Gasteiger partial charge is 0.210 e. The zero-order chi connectivity index (χ0) is 17.1. The molecule has 0 saturated carbocycles. The number of halogens is 10. The third-order valence-electron chi connectivity index (χ3n) is 2.52. The Labute approximate surface area is 114 Å². The summed E-state index contributed by atoms with van der Waals surface area (Å²) in [5, 5.41) is 0. The second-order valence-electron chi connectivity index (χ2n) is 4.90. The van der Waals surface area contributed by atoms with Gasteiger partial charge in [0.1, 0.15) is 0 Å². The molecule has 0 radical (unpaired) electrons. The minimum Gasteiger partial charge on any atom is -0.210 e. The van der Waals surface area contributed by atoms with Crippen LogP contribution in [0.5, 0.6) is 0 Å². The van der Waals surface area contributed by atoms with Crippen LogP contribution < -0.4 is 0 Å². The highest BCUT2D eigenvalue weighted by Gasteiger charge is 2.52. The summed E-state index contributed by atoms with van der Waals surface area (Å²) in [6.45, 7) is 0.852. The van der Waals surface area contributed by atoms with Crippen molar-refractivity contribution >= 4 is 0 Å². The molecule has 0 aromatic rings. The quantitative estimate of drug-likeness (QED) is 0.469. The molecule has 0 bridgehead atoms. The van der Waals surface area contributed by atoms with Gasteiger partial charge in [-0.25, -0.2) is 43.9 Å². The predicted molar refractivity (Wildman–Crippen MR) is 54.6 cm³/mol. The van der Waals surface area contributed by atoms with Crippen molar-refractivity contribution in [2.75, 3.05) is 0 Å². The van der Waals surface area contributed by atoms with Crippen molar-refractivity contribution in [3.05, 3.63) is 0 Å². The molecule has 0 amide bonds. The highest BCUT2D eigenvalue weighted by molar-refractivity contribution is 4.86. The SMILES string of the molecule is CCC(F)(F)CC(F)(F)CC(F)(F)CC(F)(F)CC(F)F. The van der Waals surface area contributed by atoms with Crippen LogP contribution in [-0.2, 0) is 0 Å². The number of alkyl halides is 10. The maximum absolute atomic E-state index is 13.1. The van der Waals surface area contributed by atoms with Gasteiger partial charge in [-0.3, -0.25) is 0 Å². The van der Waals surface area contributed by atoms with Gasteiger partial charge in [-0.05, 0) is 0 Å². The molecule has 0 atom stereocenters. The van der Waals surface area contributed by atoms with E-state index in [1.54, 1.807) is 0 Å². The minimum atomic E-state index is -4.74. The molecule has 0 aliphatic rings. The van der Waals surface area contributed by atoms with Crippen molar-refractivity contribution < 1.29 is 43.9 Å². The first kappa shape index (κ1) is 20.3. The summed E-state index contributed by atoms with van der Waals surface area (Å²) in [5.74, 6) is -17.8. The summed E-state index contributed by atoms with van der Waals surface area (Å²) in [6.07, 6.45) is -14.1. The monoisotopic (exact) mass is 336 g/mol. The molecular formula is C11H14F10. The molecular weight excluding hydrogens is 322 g/mol. The third-order valence-corrected chi connectivity index (χ3v) is 2.52. The molecule has 0 N–H and O–H groups in total. The van der Waals surface area contributed by atoms with Crippen LogP contribution in [-0.4, -0.2) is 30.1 Å². The van der Waals surface area contributed by atoms with Gasteiger partial charge < -0.3 is 0 Å². The second kappa shape index (κ2) is 6.60. The maximum Gasteiger partial charge on any atom is 0.259 e. The Bertz CT molecular complexity index is 323. The molecule has 0 aromatic heterocycles. The first-order valence-corrected chi connectivity index (χ1v) is 5.89. The lowest BCUT2D eigenvalue weighted by molar-refractivity contribution is -0.184. The highest BCUT2D eigenvalue weighted by Crippen LogP contribution is 2.44. The number of hydrogen-bond donors (Lipinski definition) is 0. The minimum absolute atomic E-state index is 0.852. The van der Waals surface area contributed by atoms with Gasteiger partial charge >= 0.3 is 0 Å². The van der Waals surface area contributed by atoms with Gasteiger partial charge in [0.15, 0.2) is 0 Å². The molecule has 0 saturated heterocycles. The van der Waals surface area contributed by atoms with Crippen molar-refractivity contribution in [3.8, 4) is 0 Å². The zero-order valence-corrected chi connectivity index (χ0v) is 10.9. The second-order valence-corrected chi connectivity index (χ2v) is 4.90. The Morgan fingerprint density at radius 1 is 0.619 bits per heavy atom. The van der Waals surface area contributed by atoms with Crippen molar-refractivity contribution in [2.24, 2.45) is 0 Å². The van der Waals surface area contributed by atoms with Gasteiger partial charge in [0.2, 0.25) is 6.43 Å². The van der Waals surface area contributed by atoms with Gasteiger partial charge in [-0.2, -0.15) is 0 Å². The van der Waals surface area contributed by atoms with Gasteiger partial charge in [-0.15, -0.1) is 0 Å². The van der Waals surface area contributed by atoms with Crippen molar-refractivity contribution in [1.82, 2.24) is 0 Å². The molecule has 128 valence electrons. The molecule has 0 rings (SSSR count). The van der Waals surface area contributed by atoms with E-state index < -0.39 is 62.2 Å². The molecule has 0 unspecified atom stereocenters. The Morgan fingerprint density at radius 2 is 0.952 bits per heavy atom. The van der Waals surface area contributed by atoms with Crippen LogP contribution >= 0.6 is 0 Å². The molecule has 0 aromatic carbocycles. The van der Waals surface area contributed by atoms with Crippen LogP contribution in [0.4, 0.5) is 43.9 Å². The van der Waals surface area contributed by atoms with Gasteiger partial charge in [-0.1, -0.05) is 6.92 Å². The molecule has 0 heterocycles. The molecule has 0 nitrogen and oxygen atoms in total. The Kier molecular flexibility index (Phi) is 6.38. The number of hydrogen-bond acceptors (Lipinski definition) is 0. The highest BCUT2D eigenvalue weighted by atomic mass is 19.3. The zero-order valence-electron chi connectivity index (χ0n) is 10.9. The largest absolute Gasteiger partial charge is 0.259 e. The molecule has 0 aliphatic carbocycles. The van der Waals surface area contributed by atoms with E-state index in [1.807, 2.05) is 0 Å². The van der Waals surface area contributed by atoms with Crippen LogP contribution in [0.2, 0.25) is 0 Å². The van der Waals surface area contributed by atoms with E-state index in [0.29, 0.717) is 0 Å². The van der Waals surface area contributed by atoms with Crippen LogP contribution in [0.3, 0.4) is 0 Å². The Hall–Kier alpha value is -0.700. The fourth-order valence-corrected chi connectivity index (χ4v) is 1.68. The lowest BCUT2D eigenvalue weighted by atomic mass is 9.97. The standard InChI is InChI=1S/C11H14F10/c1-2-8(14,15)4-10(18,19)6-11(20,21)5-9(16,17)3-7(12)13/h7H,2-6H2,1H3. The van der Waals surface area contributed by atoms with Crippen molar-refractivity contribution in [3.63, 3.8) is 0 Å². The molecule has 0 aliphatic heterocycles. The van der Waals surface area contributed by atoms with E-state index >= 15 is 0 Å². The lowest BCUT2D eigenvalue weighted by Gasteiger charge is -2.28. The predicted octanol–water partition coefficient (Wildman–Crippen LogP) is 5.76. The van der Waals surface area contributed by atoms with E-state index in [0.717, 1.165) is 6.92 Å². The van der Waals surface area contributed by atoms with Crippen molar-refractivity contribution in [2.45, 2.75) is 69.1 Å². The van der Waals surface area contributed by atoms with Crippen LogP contribution in [0.25, 0.3) is 0 Å². The van der Waals surface area contributed by atoms with E-state index in [-0.39, 0.29) is 0 Å². The average molecular weight is 336 g/mol. The topological polar surface area (TPSA) is 0 Å². The normalized spacial score (nSPS) is 14.9. The molecule has 0 spiro atoms. The van der Waals surface area contributed by atoms with E-state index in [4.69, 9.17) is 0 Å². The van der Waals surface area contributed by atoms with Crippen LogP contribution in [0, 0.1) is 0 Å². The summed E-state index contributed by atoms with van der Waals surface area (Å²) in [7, 11) is 0. The average Bonchev–Trinajstić information content (AvgIpc) is 2.08. The first-order chi connectivity index (χ1) is 9.10. The Balaban J connectivity index is 4.79. The first-order valence-electron chi connectivity index (χ1n) is 5.89. The van der Waals surface area contributed by atoms with Gasteiger partial charge in [0.05, 0.1) is 25.7 Å². The van der Waals surface area contributed by atoms with E-state index in [9.17, 15) is 43.9 Å². The van der Waals surface area contributed by atoms with Crippen LogP contribution in [0.1, 0.15) is 39.0 Å². The third kappa shape index (κ3) is 9.02. The lowest BCUT2D eigenvalue weighted by Crippen LogP contribution is -2.38. The number of rotatable bonds is 9. The van der Waals surface area contributed by atoms with Crippen molar-refractivity contribution in [1.29, 1.82) is 0 Å². The molecule has 0 fully saturated rings. The van der Waals surface area contributed by atoms with Gasteiger partial charge in [0, 0.05) is 6.42 Å². The fraction of sp³-hybridized carbons (Fsp3) is 1.00. The molecule has 21 heavy (non-hydrogen) atoms. The molecule has 10 heteroatoms. The summed E-state index contributed by atoms with van der Waals surface area (Å²) in [5.41, 5.74) is 0. The Morgan fingerprint density at radius 3 is 1.29 bits per heavy atom. The fourth-order valence-electron chi connectivity index (χ4n) is 1.68. The van der Waals surface area contributed by atoms with E-state index in [2.05, 4.69) is 0 Å². The summed E-state index contributed by atoms with van der Waals surface area (Å²) >= 11 is 0. The maximum atomic E-state index is 13.1. The summed E-state index contributed by atoms with van der Waals surface area (Å²) < 4.78 is 127. The van der Waals surface area contributed by atoms with E-state index in [1.165, 1.54) is 0 Å². The summed E-state index contributed by atoms with van der Waals surface area (Å²) in [6, 6.07) is 0. The van der Waals surface area contributed by atoms with Crippen LogP contribution in [0.15, 0.2) is 0 Å².